The number of benzene rings is 3. The third kappa shape index (κ3) is 7.06. The second-order valence-electron chi connectivity index (χ2n) is 8.93. The molecule has 1 aliphatic carbocycles. The molecule has 0 bridgehead atoms. The largest absolute Gasteiger partial charge is 0.478 e. The first kappa shape index (κ1) is 24.7. The number of aliphatic carboxylic acids is 1. The summed E-state index contributed by atoms with van der Waals surface area (Å²) in [4.78, 5) is 38.0. The molecule has 7 heteroatoms. The molecular weight excluding hydrogens is 454 g/mol. The molecule has 0 spiro atoms. The molecule has 1 saturated carbocycles. The van der Waals surface area contributed by atoms with E-state index in [2.05, 4.69) is 10.6 Å². The second-order valence-corrected chi connectivity index (χ2v) is 8.93. The molecule has 7 nitrogen and oxygen atoms in total. The lowest BCUT2D eigenvalue weighted by molar-refractivity contribution is -0.132. The van der Waals surface area contributed by atoms with Crippen molar-refractivity contribution in [1.82, 2.24) is 4.90 Å². The van der Waals surface area contributed by atoms with Gasteiger partial charge in [0.15, 0.2) is 0 Å². The predicted octanol–water partition coefficient (Wildman–Crippen LogP) is 5.47. The Morgan fingerprint density at radius 1 is 0.917 bits per heavy atom. The summed E-state index contributed by atoms with van der Waals surface area (Å²) >= 11 is 0. The zero-order valence-electron chi connectivity index (χ0n) is 20.1. The fourth-order valence-electron chi connectivity index (χ4n) is 3.89. The zero-order chi connectivity index (χ0) is 25.5. The lowest BCUT2D eigenvalue weighted by Crippen LogP contribution is -2.33. The Morgan fingerprint density at radius 2 is 1.58 bits per heavy atom. The topological polar surface area (TPSA) is 98.7 Å². The highest BCUT2D eigenvalue weighted by molar-refractivity contribution is 6.00. The molecule has 36 heavy (non-hydrogen) atoms. The van der Waals surface area contributed by atoms with Crippen molar-refractivity contribution in [2.75, 3.05) is 10.6 Å². The molecule has 1 aliphatic rings. The standard InChI is InChI=1S/C29H29N3O4/c1-20-4-2-3-5-26(20)31-29(36)30-24-13-10-22(11-14-24)18-27(33)32(25-15-16-25)19-23-8-6-21(7-9-23)12-17-28(34)35/h2-14,17,25H,15-16,18-19H2,1H3,(H,34,35)(H2,30,31,36). The Hall–Kier alpha value is -4.39. The van der Waals surface area contributed by atoms with Crippen LogP contribution >= 0.6 is 0 Å². The molecule has 1 fully saturated rings. The quantitative estimate of drug-likeness (QED) is 0.352. The summed E-state index contributed by atoms with van der Waals surface area (Å²) in [6, 6.07) is 22.4. The van der Waals surface area contributed by atoms with Crippen LogP contribution < -0.4 is 10.6 Å². The second kappa shape index (κ2) is 11.4. The molecule has 3 aromatic carbocycles. The molecule has 0 heterocycles. The maximum absolute atomic E-state index is 13.1. The van der Waals surface area contributed by atoms with Gasteiger partial charge in [0.25, 0.3) is 0 Å². The van der Waals surface area contributed by atoms with Crippen LogP contribution in [0.5, 0.6) is 0 Å². The molecule has 3 amide bonds. The van der Waals surface area contributed by atoms with Crippen molar-refractivity contribution in [3.05, 3.63) is 101 Å². The summed E-state index contributed by atoms with van der Waals surface area (Å²) in [5, 5.41) is 14.4. The number of hydrogen-bond donors (Lipinski definition) is 3. The van der Waals surface area contributed by atoms with E-state index in [4.69, 9.17) is 5.11 Å². The van der Waals surface area contributed by atoms with E-state index in [1.165, 1.54) is 0 Å². The summed E-state index contributed by atoms with van der Waals surface area (Å²) < 4.78 is 0. The Morgan fingerprint density at radius 3 is 2.22 bits per heavy atom. The molecule has 0 saturated heterocycles. The minimum Gasteiger partial charge on any atom is -0.478 e. The van der Waals surface area contributed by atoms with Crippen molar-refractivity contribution in [3.8, 4) is 0 Å². The first-order valence-corrected chi connectivity index (χ1v) is 11.9. The van der Waals surface area contributed by atoms with Gasteiger partial charge in [0.2, 0.25) is 5.91 Å². The lowest BCUT2D eigenvalue weighted by atomic mass is 10.1. The monoisotopic (exact) mass is 483 g/mol. The third-order valence-electron chi connectivity index (χ3n) is 6.02. The molecule has 0 atom stereocenters. The van der Waals surface area contributed by atoms with Crippen molar-refractivity contribution in [3.63, 3.8) is 0 Å². The fraction of sp³-hybridized carbons (Fsp3) is 0.207. The Balaban J connectivity index is 1.33. The Kier molecular flexibility index (Phi) is 7.80. The number of nitrogens with zero attached hydrogens (tertiary/aromatic N) is 1. The molecule has 3 aromatic rings. The number of carboxylic acid groups (broad SMARTS) is 1. The van der Waals surface area contributed by atoms with Crippen LogP contribution in [0.2, 0.25) is 0 Å². The van der Waals surface area contributed by atoms with E-state index >= 15 is 0 Å². The number of nitrogens with one attached hydrogen (secondary N) is 2. The van der Waals surface area contributed by atoms with Crippen LogP contribution in [0, 0.1) is 6.92 Å². The normalized spacial score (nSPS) is 12.8. The van der Waals surface area contributed by atoms with Crippen LogP contribution in [0.25, 0.3) is 6.08 Å². The number of rotatable bonds is 9. The summed E-state index contributed by atoms with van der Waals surface area (Å²) in [5.74, 6) is -0.927. The van der Waals surface area contributed by atoms with Gasteiger partial charge < -0.3 is 20.6 Å². The van der Waals surface area contributed by atoms with E-state index in [0.717, 1.165) is 46.9 Å². The number of carbonyl (C=O) groups is 3. The van der Waals surface area contributed by atoms with Crippen LogP contribution in [0.15, 0.2) is 78.9 Å². The minimum atomic E-state index is -0.987. The number of anilines is 2. The molecular formula is C29H29N3O4. The summed E-state index contributed by atoms with van der Waals surface area (Å²) in [7, 11) is 0. The fourth-order valence-corrected chi connectivity index (χ4v) is 3.89. The lowest BCUT2D eigenvalue weighted by Gasteiger charge is -2.23. The van der Waals surface area contributed by atoms with Crippen LogP contribution in [0.3, 0.4) is 0 Å². The van der Waals surface area contributed by atoms with Gasteiger partial charge in [0.1, 0.15) is 0 Å². The SMILES string of the molecule is Cc1ccccc1NC(=O)Nc1ccc(CC(=O)N(Cc2ccc(C=CC(=O)O)cc2)C2CC2)cc1. The van der Waals surface area contributed by atoms with Crippen LogP contribution in [0.1, 0.15) is 35.1 Å². The molecule has 0 unspecified atom stereocenters. The van der Waals surface area contributed by atoms with Gasteiger partial charge in [0.05, 0.1) is 6.42 Å². The molecule has 0 aromatic heterocycles. The van der Waals surface area contributed by atoms with Crippen molar-refractivity contribution >= 4 is 35.4 Å². The Labute approximate surface area is 210 Å². The molecule has 0 radical (unpaired) electrons. The number of carboxylic acids is 1. The van der Waals surface area contributed by atoms with Gasteiger partial charge in [-0.25, -0.2) is 9.59 Å². The van der Waals surface area contributed by atoms with E-state index in [0.29, 0.717) is 12.2 Å². The molecule has 3 N–H and O–H groups in total. The maximum Gasteiger partial charge on any atom is 0.328 e. The highest BCUT2D eigenvalue weighted by atomic mass is 16.4. The highest BCUT2D eigenvalue weighted by Crippen LogP contribution is 2.29. The molecule has 0 aliphatic heterocycles. The van der Waals surface area contributed by atoms with Gasteiger partial charge in [0, 0.05) is 30.0 Å². The zero-order valence-corrected chi connectivity index (χ0v) is 20.1. The smallest absolute Gasteiger partial charge is 0.328 e. The minimum absolute atomic E-state index is 0.0605. The number of hydrogen-bond acceptors (Lipinski definition) is 3. The van der Waals surface area contributed by atoms with Gasteiger partial charge in [-0.3, -0.25) is 4.79 Å². The van der Waals surface area contributed by atoms with Gasteiger partial charge in [-0.2, -0.15) is 0 Å². The number of aryl methyl sites for hydroxylation is 1. The molecule has 4 rings (SSSR count). The van der Waals surface area contributed by atoms with Crippen LogP contribution in [-0.4, -0.2) is 34.0 Å². The molecule has 184 valence electrons. The van der Waals surface area contributed by atoms with E-state index in [1.54, 1.807) is 18.2 Å². The van der Waals surface area contributed by atoms with Crippen molar-refractivity contribution in [2.24, 2.45) is 0 Å². The average Bonchev–Trinajstić information content (AvgIpc) is 3.70. The van der Waals surface area contributed by atoms with Gasteiger partial charge in [-0.15, -0.1) is 0 Å². The average molecular weight is 484 g/mol. The summed E-state index contributed by atoms with van der Waals surface area (Å²) in [6.45, 7) is 2.45. The van der Waals surface area contributed by atoms with Crippen LogP contribution in [0.4, 0.5) is 16.2 Å². The highest BCUT2D eigenvalue weighted by Gasteiger charge is 2.32. The van der Waals surface area contributed by atoms with Crippen LogP contribution in [-0.2, 0) is 22.6 Å². The number of carbonyl (C=O) groups excluding carboxylic acids is 2. The maximum atomic E-state index is 13.1. The summed E-state index contributed by atoms with van der Waals surface area (Å²) in [6.07, 6.45) is 4.94. The van der Waals surface area contributed by atoms with Gasteiger partial charge >= 0.3 is 12.0 Å². The van der Waals surface area contributed by atoms with Gasteiger partial charge in [-0.05, 0) is 66.3 Å². The third-order valence-corrected chi connectivity index (χ3v) is 6.02. The van der Waals surface area contributed by atoms with E-state index in [-0.39, 0.29) is 24.4 Å². The van der Waals surface area contributed by atoms with E-state index < -0.39 is 5.97 Å². The number of amides is 3. The van der Waals surface area contributed by atoms with Gasteiger partial charge in [-0.1, -0.05) is 54.6 Å². The van der Waals surface area contributed by atoms with Crippen molar-refractivity contribution in [2.45, 2.75) is 38.8 Å². The van der Waals surface area contributed by atoms with Crippen molar-refractivity contribution in [1.29, 1.82) is 0 Å². The predicted molar refractivity (Wildman–Crippen MR) is 141 cm³/mol. The first-order valence-electron chi connectivity index (χ1n) is 11.9. The number of urea groups is 1. The Bertz CT molecular complexity index is 1260. The van der Waals surface area contributed by atoms with Crippen molar-refractivity contribution < 1.29 is 19.5 Å². The van der Waals surface area contributed by atoms with E-state index in [1.807, 2.05) is 72.5 Å². The summed E-state index contributed by atoms with van der Waals surface area (Å²) in [5.41, 5.74) is 5.06. The van der Waals surface area contributed by atoms with E-state index in [9.17, 15) is 14.4 Å². The number of para-hydroxylation sites is 1. The first-order chi connectivity index (χ1) is 17.4.